The molecular formula is C23H26Cl2N2O4. The summed E-state index contributed by atoms with van der Waals surface area (Å²) in [6, 6.07) is 10.7. The van der Waals surface area contributed by atoms with Crippen molar-refractivity contribution in [2.45, 2.75) is 38.8 Å². The van der Waals surface area contributed by atoms with E-state index in [-0.39, 0.29) is 29.2 Å². The molecule has 1 aliphatic rings. The molecule has 1 atom stereocenters. The number of phenolic OH excluding ortho intramolecular Hbond substituents is 1. The first-order valence-corrected chi connectivity index (χ1v) is 11.0. The second-order valence-electron chi connectivity index (χ2n) is 7.93. The molecule has 2 amide bonds. The van der Waals surface area contributed by atoms with Gasteiger partial charge in [-0.2, -0.15) is 0 Å². The zero-order valence-corrected chi connectivity index (χ0v) is 19.0. The number of phenols is 1. The number of hydrogen-bond acceptors (Lipinski definition) is 4. The summed E-state index contributed by atoms with van der Waals surface area (Å²) in [7, 11) is 0. The Hall–Kier alpha value is -2.44. The second-order valence-corrected chi connectivity index (χ2v) is 8.77. The Balaban J connectivity index is 1.59. The number of amides is 2. The summed E-state index contributed by atoms with van der Waals surface area (Å²) >= 11 is 12.1. The van der Waals surface area contributed by atoms with E-state index in [2.05, 4.69) is 5.32 Å². The van der Waals surface area contributed by atoms with Crippen molar-refractivity contribution in [2.75, 3.05) is 13.1 Å². The fourth-order valence-electron chi connectivity index (χ4n) is 3.54. The number of carbonyl (C=O) groups is 2. The van der Waals surface area contributed by atoms with E-state index < -0.39 is 11.9 Å². The zero-order valence-electron chi connectivity index (χ0n) is 17.5. The quantitative estimate of drug-likeness (QED) is 0.658. The monoisotopic (exact) mass is 464 g/mol. The van der Waals surface area contributed by atoms with Crippen LogP contribution < -0.4 is 10.1 Å². The minimum atomic E-state index is -0.685. The minimum Gasteiger partial charge on any atom is -0.507 e. The molecular weight excluding hydrogens is 439 g/mol. The number of likely N-dealkylation sites (tertiary alicyclic amines) is 1. The van der Waals surface area contributed by atoms with Crippen molar-refractivity contribution < 1.29 is 19.4 Å². The van der Waals surface area contributed by atoms with E-state index in [0.29, 0.717) is 41.7 Å². The molecule has 2 aromatic carbocycles. The molecule has 0 aromatic heterocycles. The number of ether oxygens (including phenoxy) is 1. The third-order valence-corrected chi connectivity index (χ3v) is 5.84. The number of aromatic hydroxyl groups is 1. The Labute approximate surface area is 192 Å². The lowest BCUT2D eigenvalue weighted by molar-refractivity contribution is -0.136. The first-order chi connectivity index (χ1) is 14.8. The predicted octanol–water partition coefficient (Wildman–Crippen LogP) is 4.52. The topological polar surface area (TPSA) is 78.9 Å². The number of halogens is 2. The third kappa shape index (κ3) is 5.83. The Bertz CT molecular complexity index is 943. The predicted molar refractivity (Wildman–Crippen MR) is 121 cm³/mol. The molecule has 0 unspecified atom stereocenters. The molecule has 6 nitrogen and oxygen atoms in total. The molecule has 1 saturated heterocycles. The summed E-state index contributed by atoms with van der Waals surface area (Å²) in [6.45, 7) is 4.80. The van der Waals surface area contributed by atoms with Gasteiger partial charge in [-0.15, -0.1) is 0 Å². The van der Waals surface area contributed by atoms with Gasteiger partial charge in [-0.3, -0.25) is 9.59 Å². The highest BCUT2D eigenvalue weighted by molar-refractivity contribution is 6.35. The Morgan fingerprint density at radius 2 is 1.81 bits per heavy atom. The Morgan fingerprint density at radius 3 is 2.42 bits per heavy atom. The lowest BCUT2D eigenvalue weighted by atomic mass is 9.99. The summed E-state index contributed by atoms with van der Waals surface area (Å²) < 4.78 is 5.99. The van der Waals surface area contributed by atoms with Crippen molar-refractivity contribution in [1.29, 1.82) is 0 Å². The maximum absolute atomic E-state index is 13.1. The molecule has 31 heavy (non-hydrogen) atoms. The summed E-state index contributed by atoms with van der Waals surface area (Å²) in [5.41, 5.74) is 0.146. The maximum Gasteiger partial charge on any atom is 0.255 e. The first-order valence-electron chi connectivity index (χ1n) is 10.3. The van der Waals surface area contributed by atoms with Crippen LogP contribution in [0.1, 0.15) is 37.0 Å². The number of para-hydroxylation sites is 1. The van der Waals surface area contributed by atoms with Crippen LogP contribution in [0.25, 0.3) is 0 Å². The van der Waals surface area contributed by atoms with E-state index in [1.54, 1.807) is 35.2 Å². The lowest BCUT2D eigenvalue weighted by Crippen LogP contribution is -2.53. The normalized spacial score (nSPS) is 15.6. The highest BCUT2D eigenvalue weighted by Gasteiger charge is 2.32. The molecule has 8 heteroatoms. The van der Waals surface area contributed by atoms with Crippen LogP contribution in [-0.4, -0.2) is 47.1 Å². The number of piperidine rings is 1. The molecule has 3 rings (SSSR count). The van der Waals surface area contributed by atoms with Crippen molar-refractivity contribution in [2.24, 2.45) is 5.92 Å². The fraction of sp³-hybridized carbons (Fsp3) is 0.391. The van der Waals surface area contributed by atoms with Crippen LogP contribution in [0.15, 0.2) is 42.5 Å². The lowest BCUT2D eigenvalue weighted by Gasteiger charge is -2.35. The van der Waals surface area contributed by atoms with Gasteiger partial charge in [0.15, 0.2) is 0 Å². The number of benzene rings is 2. The highest BCUT2D eigenvalue weighted by atomic mass is 35.5. The molecule has 2 aromatic rings. The molecule has 166 valence electrons. The van der Waals surface area contributed by atoms with Gasteiger partial charge in [-0.25, -0.2) is 0 Å². The standard InChI is InChI=1S/C23H26Cl2N2O4/c1-14(2)21(26-22(29)17-5-3-4-6-19(17)28)23(30)27-11-9-16(10-12-27)31-20-8-7-15(24)13-18(20)25/h3-8,13-14,16,21,28H,9-12H2,1-2H3,(H,26,29)/t21-/m0/s1. The highest BCUT2D eigenvalue weighted by Crippen LogP contribution is 2.30. The minimum absolute atomic E-state index is 0.0592. The van der Waals surface area contributed by atoms with Crippen molar-refractivity contribution in [3.63, 3.8) is 0 Å². The maximum atomic E-state index is 13.1. The number of nitrogens with one attached hydrogen (secondary N) is 1. The number of hydrogen-bond donors (Lipinski definition) is 2. The summed E-state index contributed by atoms with van der Waals surface area (Å²) in [5, 5.41) is 13.7. The molecule has 0 bridgehead atoms. The molecule has 1 aliphatic heterocycles. The van der Waals surface area contributed by atoms with Gasteiger partial charge in [0, 0.05) is 31.0 Å². The van der Waals surface area contributed by atoms with Crippen LogP contribution in [-0.2, 0) is 4.79 Å². The van der Waals surface area contributed by atoms with Crippen LogP contribution in [0.4, 0.5) is 0 Å². The molecule has 0 aliphatic carbocycles. The van der Waals surface area contributed by atoms with Gasteiger partial charge in [0.05, 0.1) is 10.6 Å². The molecule has 0 spiro atoms. The van der Waals surface area contributed by atoms with Crippen LogP contribution in [0.5, 0.6) is 11.5 Å². The molecule has 0 saturated carbocycles. The second kappa shape index (κ2) is 10.2. The first kappa shape index (κ1) is 23.2. The van der Waals surface area contributed by atoms with Gasteiger partial charge >= 0.3 is 0 Å². The van der Waals surface area contributed by atoms with E-state index in [1.165, 1.54) is 12.1 Å². The van der Waals surface area contributed by atoms with E-state index in [1.807, 2.05) is 13.8 Å². The van der Waals surface area contributed by atoms with Crippen LogP contribution in [0.2, 0.25) is 10.0 Å². The fourth-order valence-corrected chi connectivity index (χ4v) is 3.99. The van der Waals surface area contributed by atoms with Crippen molar-refractivity contribution in [3.8, 4) is 11.5 Å². The van der Waals surface area contributed by atoms with E-state index >= 15 is 0 Å². The van der Waals surface area contributed by atoms with Crippen molar-refractivity contribution in [3.05, 3.63) is 58.1 Å². The van der Waals surface area contributed by atoms with E-state index in [9.17, 15) is 14.7 Å². The van der Waals surface area contributed by atoms with Crippen molar-refractivity contribution in [1.82, 2.24) is 10.2 Å². The van der Waals surface area contributed by atoms with Gasteiger partial charge in [0.1, 0.15) is 23.6 Å². The van der Waals surface area contributed by atoms with E-state index in [0.717, 1.165) is 0 Å². The third-order valence-electron chi connectivity index (χ3n) is 5.31. The zero-order chi connectivity index (χ0) is 22.5. The summed E-state index contributed by atoms with van der Waals surface area (Å²) in [4.78, 5) is 27.5. The van der Waals surface area contributed by atoms with Gasteiger partial charge < -0.3 is 20.1 Å². The van der Waals surface area contributed by atoms with Gasteiger partial charge in [-0.05, 0) is 36.2 Å². The Kier molecular flexibility index (Phi) is 7.68. The average Bonchev–Trinajstić information content (AvgIpc) is 2.74. The smallest absolute Gasteiger partial charge is 0.255 e. The largest absolute Gasteiger partial charge is 0.507 e. The molecule has 2 N–H and O–H groups in total. The molecule has 1 fully saturated rings. The number of rotatable bonds is 6. The summed E-state index contributed by atoms with van der Waals surface area (Å²) in [5.74, 6) is -0.258. The SMILES string of the molecule is CC(C)[C@H](NC(=O)c1ccccc1O)C(=O)N1CCC(Oc2ccc(Cl)cc2Cl)CC1. The van der Waals surface area contributed by atoms with Crippen LogP contribution >= 0.6 is 23.2 Å². The van der Waals surface area contributed by atoms with Gasteiger partial charge in [0.25, 0.3) is 5.91 Å². The summed E-state index contributed by atoms with van der Waals surface area (Å²) in [6.07, 6.45) is 1.25. The molecule has 0 radical (unpaired) electrons. The Morgan fingerprint density at radius 1 is 1.13 bits per heavy atom. The van der Waals surface area contributed by atoms with Gasteiger partial charge in [0.2, 0.25) is 5.91 Å². The van der Waals surface area contributed by atoms with Gasteiger partial charge in [-0.1, -0.05) is 49.2 Å². The average molecular weight is 465 g/mol. The number of carbonyl (C=O) groups excluding carboxylic acids is 2. The molecule has 1 heterocycles. The number of nitrogens with zero attached hydrogens (tertiary/aromatic N) is 1. The van der Waals surface area contributed by atoms with Crippen LogP contribution in [0, 0.1) is 5.92 Å². The van der Waals surface area contributed by atoms with Crippen LogP contribution in [0.3, 0.4) is 0 Å². The van der Waals surface area contributed by atoms with E-state index in [4.69, 9.17) is 27.9 Å². The van der Waals surface area contributed by atoms with Crippen molar-refractivity contribution >= 4 is 35.0 Å².